The number of pyridine rings is 1. The van der Waals surface area contributed by atoms with Crippen LogP contribution in [-0.4, -0.2) is 16.1 Å². The minimum Gasteiger partial charge on any atom is -0.478 e. The van der Waals surface area contributed by atoms with Gasteiger partial charge in [-0.05, 0) is 30.2 Å². The molecule has 0 saturated heterocycles. The summed E-state index contributed by atoms with van der Waals surface area (Å²) in [5.41, 5.74) is 6.97. The van der Waals surface area contributed by atoms with E-state index in [0.29, 0.717) is 16.7 Å². The lowest BCUT2D eigenvalue weighted by Gasteiger charge is -2.06. The molecule has 2 aromatic rings. The summed E-state index contributed by atoms with van der Waals surface area (Å²) < 4.78 is 13.4. The number of rotatable bonds is 2. The van der Waals surface area contributed by atoms with Crippen molar-refractivity contribution < 1.29 is 14.3 Å². The van der Waals surface area contributed by atoms with E-state index < -0.39 is 5.97 Å². The lowest BCUT2D eigenvalue weighted by atomic mass is 10.0. The highest BCUT2D eigenvalue weighted by atomic mass is 19.1. The van der Waals surface area contributed by atoms with Crippen LogP contribution in [0.1, 0.15) is 15.9 Å². The van der Waals surface area contributed by atoms with Crippen LogP contribution in [0.5, 0.6) is 0 Å². The molecule has 1 aromatic heterocycles. The first-order chi connectivity index (χ1) is 8.49. The Balaban J connectivity index is 2.54. The van der Waals surface area contributed by atoms with Crippen molar-refractivity contribution in [3.05, 3.63) is 47.4 Å². The number of hydrogen-bond donors (Lipinski definition) is 2. The van der Waals surface area contributed by atoms with Crippen LogP contribution in [0.4, 0.5) is 10.2 Å². The second-order valence-electron chi connectivity index (χ2n) is 3.93. The second kappa shape index (κ2) is 4.44. The van der Waals surface area contributed by atoms with E-state index in [-0.39, 0.29) is 17.2 Å². The maximum atomic E-state index is 13.4. The highest BCUT2D eigenvalue weighted by molar-refractivity contribution is 5.94. The van der Waals surface area contributed by atoms with Crippen molar-refractivity contribution in [1.29, 1.82) is 0 Å². The van der Waals surface area contributed by atoms with Gasteiger partial charge in [0, 0.05) is 11.8 Å². The number of nitrogens with two attached hydrogens (primary N) is 1. The van der Waals surface area contributed by atoms with Crippen LogP contribution in [0.3, 0.4) is 0 Å². The highest BCUT2D eigenvalue weighted by Crippen LogP contribution is 2.23. The number of benzene rings is 1. The lowest BCUT2D eigenvalue weighted by Crippen LogP contribution is -2.04. The molecule has 0 aliphatic heterocycles. The number of anilines is 1. The molecule has 18 heavy (non-hydrogen) atoms. The molecule has 5 heteroatoms. The number of carbonyl (C=O) groups is 1. The van der Waals surface area contributed by atoms with Crippen LogP contribution in [-0.2, 0) is 0 Å². The first kappa shape index (κ1) is 12.0. The molecule has 0 radical (unpaired) electrons. The van der Waals surface area contributed by atoms with Gasteiger partial charge < -0.3 is 10.8 Å². The van der Waals surface area contributed by atoms with E-state index >= 15 is 0 Å². The second-order valence-corrected chi connectivity index (χ2v) is 3.93. The van der Waals surface area contributed by atoms with Crippen LogP contribution in [0.25, 0.3) is 11.1 Å². The molecule has 0 unspecified atom stereocenters. The molecule has 0 fully saturated rings. The van der Waals surface area contributed by atoms with Crippen molar-refractivity contribution in [2.75, 3.05) is 5.73 Å². The van der Waals surface area contributed by atoms with Crippen LogP contribution in [0.15, 0.2) is 30.5 Å². The van der Waals surface area contributed by atoms with Crippen molar-refractivity contribution >= 4 is 11.8 Å². The first-order valence-electron chi connectivity index (χ1n) is 5.24. The zero-order chi connectivity index (χ0) is 13.3. The van der Waals surface area contributed by atoms with Gasteiger partial charge in [0.15, 0.2) is 0 Å². The van der Waals surface area contributed by atoms with Crippen LogP contribution >= 0.6 is 0 Å². The Hall–Kier alpha value is -2.43. The monoisotopic (exact) mass is 246 g/mol. The molecule has 2 rings (SSSR count). The number of nitrogens with zero attached hydrogens (tertiary/aromatic N) is 1. The van der Waals surface area contributed by atoms with E-state index in [4.69, 9.17) is 10.8 Å². The van der Waals surface area contributed by atoms with Crippen molar-refractivity contribution in [2.24, 2.45) is 0 Å². The van der Waals surface area contributed by atoms with Crippen LogP contribution in [0, 0.1) is 12.7 Å². The highest BCUT2D eigenvalue weighted by Gasteiger charge is 2.11. The van der Waals surface area contributed by atoms with Crippen molar-refractivity contribution in [2.45, 2.75) is 6.92 Å². The third kappa shape index (κ3) is 2.15. The van der Waals surface area contributed by atoms with Gasteiger partial charge in [-0.1, -0.05) is 12.1 Å². The van der Waals surface area contributed by atoms with Gasteiger partial charge >= 0.3 is 5.97 Å². The Morgan fingerprint density at radius 3 is 2.67 bits per heavy atom. The summed E-state index contributed by atoms with van der Waals surface area (Å²) in [5, 5.41) is 8.94. The number of carboxylic acids is 1. The van der Waals surface area contributed by atoms with Gasteiger partial charge in [-0.3, -0.25) is 0 Å². The van der Waals surface area contributed by atoms with Crippen LogP contribution in [0.2, 0.25) is 0 Å². The number of halogens is 1. The third-order valence-electron chi connectivity index (χ3n) is 2.65. The Morgan fingerprint density at radius 2 is 2.06 bits per heavy atom. The lowest BCUT2D eigenvalue weighted by molar-refractivity contribution is 0.0697. The fourth-order valence-electron chi connectivity index (χ4n) is 1.58. The molecule has 1 heterocycles. The first-order valence-corrected chi connectivity index (χ1v) is 5.24. The molecule has 0 aliphatic carbocycles. The molecule has 4 nitrogen and oxygen atoms in total. The molecule has 0 amide bonds. The summed E-state index contributed by atoms with van der Waals surface area (Å²) in [7, 11) is 0. The summed E-state index contributed by atoms with van der Waals surface area (Å²) >= 11 is 0. The predicted molar refractivity (Wildman–Crippen MR) is 65.7 cm³/mol. The largest absolute Gasteiger partial charge is 0.478 e. The van der Waals surface area contributed by atoms with Crippen molar-refractivity contribution in [3.63, 3.8) is 0 Å². The van der Waals surface area contributed by atoms with Gasteiger partial charge in [0.1, 0.15) is 17.2 Å². The van der Waals surface area contributed by atoms with E-state index in [1.54, 1.807) is 19.1 Å². The number of aromatic nitrogens is 1. The molecule has 0 spiro atoms. The number of nitrogen functional groups attached to an aromatic ring is 1. The zero-order valence-electron chi connectivity index (χ0n) is 9.64. The molecule has 0 bridgehead atoms. The standard InChI is InChI=1S/C13H11FN2O2/c1-7-2-3-8(5-11(7)14)9-4-10(13(17)18)12(15)16-6-9/h2-6H,1H3,(H2,15,16)(H,17,18). The molecular weight excluding hydrogens is 235 g/mol. The maximum absolute atomic E-state index is 13.4. The maximum Gasteiger partial charge on any atom is 0.339 e. The minimum absolute atomic E-state index is 0.0566. The summed E-state index contributed by atoms with van der Waals surface area (Å²) in [6.07, 6.45) is 1.42. The topological polar surface area (TPSA) is 76.2 Å². The smallest absolute Gasteiger partial charge is 0.339 e. The predicted octanol–water partition coefficient (Wildman–Crippen LogP) is 2.48. The summed E-state index contributed by atoms with van der Waals surface area (Å²) in [6, 6.07) is 6.06. The zero-order valence-corrected chi connectivity index (χ0v) is 9.64. The molecule has 0 atom stereocenters. The summed E-state index contributed by atoms with van der Waals surface area (Å²) in [4.78, 5) is 14.7. The SMILES string of the molecule is Cc1ccc(-c2cnc(N)c(C(=O)O)c2)cc1F. The number of hydrogen-bond acceptors (Lipinski definition) is 3. The molecule has 92 valence electrons. The number of carboxylic acid groups (broad SMARTS) is 1. The average Bonchev–Trinajstić information content (AvgIpc) is 2.33. The van der Waals surface area contributed by atoms with E-state index in [9.17, 15) is 9.18 Å². The van der Waals surface area contributed by atoms with Gasteiger partial charge in [0.05, 0.1) is 0 Å². The molecule has 0 aliphatic rings. The molecule has 1 aromatic carbocycles. The third-order valence-corrected chi connectivity index (χ3v) is 2.65. The quantitative estimate of drug-likeness (QED) is 0.853. The van der Waals surface area contributed by atoms with Crippen LogP contribution < -0.4 is 5.73 Å². The van der Waals surface area contributed by atoms with Gasteiger partial charge in [-0.15, -0.1) is 0 Å². The Labute approximate surface area is 103 Å². The Kier molecular flexibility index (Phi) is 2.97. The average molecular weight is 246 g/mol. The van der Waals surface area contributed by atoms with Crippen molar-refractivity contribution in [1.82, 2.24) is 4.98 Å². The van der Waals surface area contributed by atoms with Gasteiger partial charge in [0.25, 0.3) is 0 Å². The number of aryl methyl sites for hydroxylation is 1. The Morgan fingerprint density at radius 1 is 1.33 bits per heavy atom. The normalized spacial score (nSPS) is 10.3. The fraction of sp³-hybridized carbons (Fsp3) is 0.0769. The van der Waals surface area contributed by atoms with Gasteiger partial charge in [0.2, 0.25) is 0 Å². The van der Waals surface area contributed by atoms with Gasteiger partial charge in [-0.2, -0.15) is 0 Å². The Bertz CT molecular complexity index is 626. The molecule has 0 saturated carbocycles. The van der Waals surface area contributed by atoms with Crippen molar-refractivity contribution in [3.8, 4) is 11.1 Å². The molecular formula is C13H11FN2O2. The fourth-order valence-corrected chi connectivity index (χ4v) is 1.58. The number of aromatic carboxylic acids is 1. The van der Waals surface area contributed by atoms with E-state index in [0.717, 1.165) is 0 Å². The molecule has 3 N–H and O–H groups in total. The summed E-state index contributed by atoms with van der Waals surface area (Å²) in [6.45, 7) is 1.66. The van der Waals surface area contributed by atoms with E-state index in [1.165, 1.54) is 18.3 Å². The summed E-state index contributed by atoms with van der Waals surface area (Å²) in [5.74, 6) is -1.56. The minimum atomic E-state index is -1.16. The van der Waals surface area contributed by atoms with Gasteiger partial charge in [-0.25, -0.2) is 14.2 Å². The van der Waals surface area contributed by atoms with E-state index in [2.05, 4.69) is 4.98 Å². The van der Waals surface area contributed by atoms with E-state index in [1.807, 2.05) is 0 Å².